The minimum Gasteiger partial charge on any atom is -0.148 e. The van der Waals surface area contributed by atoms with E-state index in [1.165, 1.54) is 5.56 Å². The second kappa shape index (κ2) is 4.12. The third-order valence-electron chi connectivity index (χ3n) is 3.03. The summed E-state index contributed by atoms with van der Waals surface area (Å²) in [6, 6.07) is 0. The van der Waals surface area contributed by atoms with Crippen LogP contribution < -0.4 is 0 Å². The Balaban J connectivity index is 3.53. The van der Waals surface area contributed by atoms with E-state index >= 15 is 0 Å². The first-order chi connectivity index (χ1) is 7.35. The van der Waals surface area contributed by atoms with Crippen LogP contribution in [0.15, 0.2) is 5.38 Å². The van der Waals surface area contributed by atoms with Crippen LogP contribution in [0.3, 0.4) is 0 Å². The Bertz CT molecular complexity index is 357. The fourth-order valence-electron chi connectivity index (χ4n) is 2.21. The third kappa shape index (κ3) is 3.13. The first-order valence-electron chi connectivity index (χ1n) is 6.48. The Kier molecular flexibility index (Phi) is 3.58. The lowest BCUT2D eigenvalue weighted by molar-refractivity contribution is 0.509. The topological polar surface area (TPSA) is 0 Å². The van der Waals surface area contributed by atoms with Crippen molar-refractivity contribution in [2.45, 2.75) is 78.6 Å². The van der Waals surface area contributed by atoms with Gasteiger partial charge in [0, 0.05) is 4.88 Å². The summed E-state index contributed by atoms with van der Waals surface area (Å²) in [4.78, 5) is 1.55. The maximum absolute atomic E-state index is 2.38. The molecule has 0 saturated carbocycles. The number of hydrogen-bond acceptors (Lipinski definition) is 1. The Labute approximate surface area is 111 Å². The van der Waals surface area contributed by atoms with Crippen molar-refractivity contribution in [3.63, 3.8) is 0 Å². The van der Waals surface area contributed by atoms with Crippen LogP contribution in [0.4, 0.5) is 0 Å². The minimum absolute atomic E-state index is 0.227. The number of thiophene rings is 1. The summed E-state index contributed by atoms with van der Waals surface area (Å²) < 4.78 is 0. The van der Waals surface area contributed by atoms with E-state index < -0.39 is 0 Å². The highest BCUT2D eigenvalue weighted by Gasteiger charge is 2.33. The third-order valence-corrected chi connectivity index (χ3v) is 4.44. The van der Waals surface area contributed by atoms with Crippen molar-refractivity contribution in [1.29, 1.82) is 0 Å². The van der Waals surface area contributed by atoms with E-state index in [1.54, 1.807) is 10.4 Å². The highest BCUT2D eigenvalue weighted by molar-refractivity contribution is 7.10. The van der Waals surface area contributed by atoms with E-state index in [9.17, 15) is 0 Å². The summed E-state index contributed by atoms with van der Waals surface area (Å²) in [6.07, 6.45) is 0. The molecule has 1 rings (SSSR count). The van der Waals surface area contributed by atoms with Gasteiger partial charge in [-0.25, -0.2) is 0 Å². The summed E-state index contributed by atoms with van der Waals surface area (Å²) in [5, 5.41) is 2.38. The molecule has 0 aliphatic heterocycles. The minimum atomic E-state index is 0.227. The van der Waals surface area contributed by atoms with Crippen LogP contribution in [0.5, 0.6) is 0 Å². The summed E-state index contributed by atoms with van der Waals surface area (Å²) in [7, 11) is 0. The zero-order valence-electron chi connectivity index (χ0n) is 13.0. The molecule has 0 N–H and O–H groups in total. The van der Waals surface area contributed by atoms with E-state index in [0.717, 1.165) is 0 Å². The van der Waals surface area contributed by atoms with Gasteiger partial charge >= 0.3 is 0 Å². The molecule has 0 saturated heterocycles. The number of hydrogen-bond donors (Lipinski definition) is 0. The SMILES string of the molecule is CC(C)(C)c1csc(C(C)(C)C)c1C(C)(C)C. The molecule has 17 heavy (non-hydrogen) atoms. The van der Waals surface area contributed by atoms with Gasteiger partial charge in [0.15, 0.2) is 0 Å². The van der Waals surface area contributed by atoms with Gasteiger partial charge in [-0.05, 0) is 32.8 Å². The van der Waals surface area contributed by atoms with E-state index in [1.807, 2.05) is 11.3 Å². The molecule has 0 atom stereocenters. The van der Waals surface area contributed by atoms with Crippen LogP contribution in [0.25, 0.3) is 0 Å². The molecular formula is C16H28S. The summed E-state index contributed by atoms with van der Waals surface area (Å²) in [5.41, 5.74) is 3.81. The lowest BCUT2D eigenvalue weighted by Crippen LogP contribution is -2.24. The van der Waals surface area contributed by atoms with Crippen molar-refractivity contribution in [3.8, 4) is 0 Å². The Hall–Kier alpha value is -0.300. The van der Waals surface area contributed by atoms with Crippen molar-refractivity contribution >= 4 is 11.3 Å². The van der Waals surface area contributed by atoms with Gasteiger partial charge in [0.05, 0.1) is 0 Å². The molecular weight excluding hydrogens is 224 g/mol. The van der Waals surface area contributed by atoms with Gasteiger partial charge < -0.3 is 0 Å². The van der Waals surface area contributed by atoms with Gasteiger partial charge in [0.25, 0.3) is 0 Å². The molecule has 0 radical (unpaired) electrons. The van der Waals surface area contributed by atoms with E-state index in [2.05, 4.69) is 67.7 Å². The Morgan fingerprint density at radius 1 is 0.706 bits per heavy atom. The van der Waals surface area contributed by atoms with Crippen LogP contribution >= 0.6 is 11.3 Å². The molecule has 0 nitrogen and oxygen atoms in total. The molecule has 98 valence electrons. The smallest absolute Gasteiger partial charge is 0.0139 e. The highest BCUT2D eigenvalue weighted by Crippen LogP contribution is 2.44. The average molecular weight is 252 g/mol. The van der Waals surface area contributed by atoms with Crippen molar-refractivity contribution in [1.82, 2.24) is 0 Å². The summed E-state index contributed by atoms with van der Waals surface area (Å²) in [5.74, 6) is 0. The van der Waals surface area contributed by atoms with E-state index in [4.69, 9.17) is 0 Å². The molecule has 0 aromatic carbocycles. The maximum atomic E-state index is 2.38. The fraction of sp³-hybridized carbons (Fsp3) is 0.750. The van der Waals surface area contributed by atoms with Gasteiger partial charge in [-0.15, -0.1) is 11.3 Å². The molecule has 1 heteroatoms. The van der Waals surface area contributed by atoms with Crippen LogP contribution in [-0.4, -0.2) is 0 Å². The molecule has 0 aliphatic rings. The predicted octanol–water partition coefficient (Wildman–Crippen LogP) is 5.64. The zero-order chi connectivity index (χ0) is 13.6. The van der Waals surface area contributed by atoms with E-state index in [-0.39, 0.29) is 16.2 Å². The van der Waals surface area contributed by atoms with Gasteiger partial charge in [0.1, 0.15) is 0 Å². The maximum Gasteiger partial charge on any atom is 0.0139 e. The standard InChI is InChI=1S/C16H28S/c1-14(2,3)11-10-17-13(16(7,8)9)12(11)15(4,5)6/h10H,1-9H3. The van der Waals surface area contributed by atoms with Crippen molar-refractivity contribution in [2.24, 2.45) is 0 Å². The molecule has 0 bridgehead atoms. The van der Waals surface area contributed by atoms with E-state index in [0.29, 0.717) is 0 Å². The highest BCUT2D eigenvalue weighted by atomic mass is 32.1. The van der Waals surface area contributed by atoms with Gasteiger partial charge in [0.2, 0.25) is 0 Å². The Morgan fingerprint density at radius 3 is 1.47 bits per heavy atom. The second-order valence-electron chi connectivity index (χ2n) is 8.10. The van der Waals surface area contributed by atoms with Crippen molar-refractivity contribution in [2.75, 3.05) is 0 Å². The monoisotopic (exact) mass is 252 g/mol. The first-order valence-corrected chi connectivity index (χ1v) is 7.36. The summed E-state index contributed by atoms with van der Waals surface area (Å²) in [6.45, 7) is 20.9. The molecule has 0 spiro atoms. The normalized spacial score (nSPS) is 14.2. The zero-order valence-corrected chi connectivity index (χ0v) is 13.8. The van der Waals surface area contributed by atoms with Crippen molar-refractivity contribution < 1.29 is 0 Å². The van der Waals surface area contributed by atoms with Crippen LogP contribution in [0, 0.1) is 0 Å². The van der Waals surface area contributed by atoms with Gasteiger partial charge in [-0.3, -0.25) is 0 Å². The van der Waals surface area contributed by atoms with Gasteiger partial charge in [-0.1, -0.05) is 62.3 Å². The molecule has 0 fully saturated rings. The van der Waals surface area contributed by atoms with Crippen LogP contribution in [0.1, 0.15) is 78.3 Å². The Morgan fingerprint density at radius 2 is 1.18 bits per heavy atom. The van der Waals surface area contributed by atoms with Gasteiger partial charge in [-0.2, -0.15) is 0 Å². The van der Waals surface area contributed by atoms with Crippen LogP contribution in [-0.2, 0) is 16.2 Å². The molecule has 1 aromatic heterocycles. The molecule has 0 unspecified atom stereocenters. The fourth-order valence-corrected chi connectivity index (χ4v) is 3.80. The molecule has 1 aromatic rings. The predicted molar refractivity (Wildman–Crippen MR) is 80.4 cm³/mol. The average Bonchev–Trinajstić information content (AvgIpc) is 2.42. The molecule has 0 amide bonds. The largest absolute Gasteiger partial charge is 0.148 e. The lowest BCUT2D eigenvalue weighted by Gasteiger charge is -2.31. The lowest BCUT2D eigenvalue weighted by atomic mass is 9.73. The second-order valence-corrected chi connectivity index (χ2v) is 8.98. The van der Waals surface area contributed by atoms with Crippen LogP contribution in [0.2, 0.25) is 0 Å². The molecule has 1 heterocycles. The number of rotatable bonds is 0. The van der Waals surface area contributed by atoms with Crippen molar-refractivity contribution in [3.05, 3.63) is 21.4 Å². The first kappa shape index (κ1) is 14.8. The quantitative estimate of drug-likeness (QED) is 0.560. The summed E-state index contributed by atoms with van der Waals surface area (Å²) >= 11 is 1.94. The molecule has 0 aliphatic carbocycles.